The van der Waals surface area contributed by atoms with Gasteiger partial charge in [-0.15, -0.1) is 0 Å². The molecule has 0 aliphatic carbocycles. The third kappa shape index (κ3) is 2.96. The highest BCUT2D eigenvalue weighted by atomic mass is 16.5. The van der Waals surface area contributed by atoms with Gasteiger partial charge in [-0.2, -0.15) is 5.10 Å². The number of hydrogen-bond donors (Lipinski definition) is 1. The van der Waals surface area contributed by atoms with Crippen LogP contribution in [0.15, 0.2) is 30.5 Å². The Morgan fingerprint density at radius 3 is 2.53 bits per heavy atom. The smallest absolute Gasteiger partial charge is 0.119 e. The summed E-state index contributed by atoms with van der Waals surface area (Å²) in [5.41, 5.74) is 3.59. The fourth-order valence-corrected chi connectivity index (χ4v) is 2.14. The first-order valence-electron chi connectivity index (χ1n) is 6.71. The number of ether oxygens (including phenoxy) is 1. The van der Waals surface area contributed by atoms with Crippen LogP contribution in [0.4, 0.5) is 0 Å². The van der Waals surface area contributed by atoms with Crippen LogP contribution in [0.2, 0.25) is 0 Å². The highest BCUT2D eigenvalue weighted by Crippen LogP contribution is 2.18. The van der Waals surface area contributed by atoms with Gasteiger partial charge in [-0.1, -0.05) is 13.8 Å². The second-order valence-corrected chi connectivity index (χ2v) is 4.36. The first-order valence-corrected chi connectivity index (χ1v) is 6.71. The number of hydrogen-bond acceptors (Lipinski definition) is 3. The van der Waals surface area contributed by atoms with Gasteiger partial charge in [-0.25, -0.2) is 4.68 Å². The van der Waals surface area contributed by atoms with Crippen LogP contribution in [0.1, 0.15) is 25.1 Å². The van der Waals surface area contributed by atoms with E-state index in [-0.39, 0.29) is 0 Å². The molecule has 0 bridgehead atoms. The summed E-state index contributed by atoms with van der Waals surface area (Å²) >= 11 is 0. The van der Waals surface area contributed by atoms with Gasteiger partial charge in [0.25, 0.3) is 0 Å². The molecule has 0 saturated heterocycles. The Kier molecular flexibility index (Phi) is 4.58. The van der Waals surface area contributed by atoms with Crippen LogP contribution in [-0.4, -0.2) is 23.4 Å². The lowest BCUT2D eigenvalue weighted by Crippen LogP contribution is -2.13. The van der Waals surface area contributed by atoms with E-state index < -0.39 is 0 Å². The number of nitrogens with zero attached hydrogens (tertiary/aromatic N) is 2. The third-order valence-corrected chi connectivity index (χ3v) is 3.17. The van der Waals surface area contributed by atoms with Crippen molar-refractivity contribution >= 4 is 0 Å². The number of rotatable bonds is 6. The van der Waals surface area contributed by atoms with E-state index in [4.69, 9.17) is 4.74 Å². The molecule has 0 amide bonds. The highest BCUT2D eigenvalue weighted by Gasteiger charge is 2.10. The summed E-state index contributed by atoms with van der Waals surface area (Å²) in [7, 11) is 1.68. The lowest BCUT2D eigenvalue weighted by Gasteiger charge is -2.09. The lowest BCUT2D eigenvalue weighted by molar-refractivity contribution is 0.414. The maximum absolute atomic E-state index is 5.18. The van der Waals surface area contributed by atoms with Gasteiger partial charge in [0.1, 0.15) is 5.75 Å². The van der Waals surface area contributed by atoms with Gasteiger partial charge in [-0.3, -0.25) is 0 Å². The molecule has 1 aromatic carbocycles. The molecule has 1 heterocycles. The Morgan fingerprint density at radius 2 is 1.95 bits per heavy atom. The standard InChI is InChI=1S/C15H21N3O/c1-4-15-12(10-16-5-2)11-17-18(15)13-6-8-14(19-3)9-7-13/h6-9,11,16H,4-5,10H2,1-3H3. The average molecular weight is 259 g/mol. The molecule has 4 heteroatoms. The lowest BCUT2D eigenvalue weighted by atomic mass is 10.2. The summed E-state index contributed by atoms with van der Waals surface area (Å²) in [6, 6.07) is 7.98. The van der Waals surface area contributed by atoms with Crippen molar-refractivity contribution < 1.29 is 4.74 Å². The number of benzene rings is 1. The van der Waals surface area contributed by atoms with Gasteiger partial charge in [0, 0.05) is 17.8 Å². The second kappa shape index (κ2) is 6.38. The summed E-state index contributed by atoms with van der Waals surface area (Å²) in [5, 5.41) is 7.85. The Labute approximate surface area is 114 Å². The minimum Gasteiger partial charge on any atom is -0.497 e. The summed E-state index contributed by atoms with van der Waals surface area (Å²) in [4.78, 5) is 0. The zero-order valence-electron chi connectivity index (χ0n) is 11.8. The minimum atomic E-state index is 0.863. The first kappa shape index (κ1) is 13.6. The maximum atomic E-state index is 5.18. The van der Waals surface area contributed by atoms with Crippen LogP contribution in [0.3, 0.4) is 0 Å². The number of aromatic nitrogens is 2. The molecule has 2 rings (SSSR count). The topological polar surface area (TPSA) is 39.1 Å². The summed E-state index contributed by atoms with van der Waals surface area (Å²) in [5.74, 6) is 0.863. The van der Waals surface area contributed by atoms with E-state index in [0.717, 1.165) is 30.9 Å². The predicted octanol–water partition coefficient (Wildman–Crippen LogP) is 2.55. The molecule has 0 aliphatic heterocycles. The van der Waals surface area contributed by atoms with E-state index in [0.29, 0.717) is 0 Å². The van der Waals surface area contributed by atoms with E-state index >= 15 is 0 Å². The van der Waals surface area contributed by atoms with E-state index in [1.165, 1.54) is 11.3 Å². The quantitative estimate of drug-likeness (QED) is 0.866. The molecular formula is C15H21N3O. The van der Waals surface area contributed by atoms with E-state index in [1.54, 1.807) is 7.11 Å². The van der Waals surface area contributed by atoms with Crippen molar-refractivity contribution in [1.29, 1.82) is 0 Å². The van der Waals surface area contributed by atoms with Crippen LogP contribution < -0.4 is 10.1 Å². The van der Waals surface area contributed by atoms with Gasteiger partial charge in [0.2, 0.25) is 0 Å². The molecule has 102 valence electrons. The van der Waals surface area contributed by atoms with Crippen molar-refractivity contribution in [3.8, 4) is 11.4 Å². The van der Waals surface area contributed by atoms with Crippen LogP contribution >= 0.6 is 0 Å². The molecule has 0 fully saturated rings. The molecule has 0 aliphatic rings. The molecule has 0 spiro atoms. The van der Waals surface area contributed by atoms with Crippen LogP contribution in [0.25, 0.3) is 5.69 Å². The van der Waals surface area contributed by atoms with E-state index in [2.05, 4.69) is 24.3 Å². The van der Waals surface area contributed by atoms with Gasteiger partial charge >= 0.3 is 0 Å². The zero-order chi connectivity index (χ0) is 13.7. The van der Waals surface area contributed by atoms with Crippen LogP contribution in [0, 0.1) is 0 Å². The Bertz CT molecular complexity index is 517. The fraction of sp³-hybridized carbons (Fsp3) is 0.400. The first-order chi connectivity index (χ1) is 9.30. The third-order valence-electron chi connectivity index (χ3n) is 3.17. The van der Waals surface area contributed by atoms with E-state index in [1.807, 2.05) is 35.1 Å². The average Bonchev–Trinajstić information content (AvgIpc) is 2.88. The minimum absolute atomic E-state index is 0.863. The van der Waals surface area contributed by atoms with Crippen molar-refractivity contribution in [2.75, 3.05) is 13.7 Å². The van der Waals surface area contributed by atoms with Crippen molar-refractivity contribution in [3.63, 3.8) is 0 Å². The fourth-order valence-electron chi connectivity index (χ4n) is 2.14. The normalized spacial score (nSPS) is 10.7. The van der Waals surface area contributed by atoms with E-state index in [9.17, 15) is 0 Å². The predicted molar refractivity (Wildman–Crippen MR) is 76.9 cm³/mol. The zero-order valence-corrected chi connectivity index (χ0v) is 11.8. The van der Waals surface area contributed by atoms with Gasteiger partial charge in [-0.05, 0) is 37.2 Å². The van der Waals surface area contributed by atoms with Crippen molar-refractivity contribution in [1.82, 2.24) is 15.1 Å². The Balaban J connectivity index is 2.30. The van der Waals surface area contributed by atoms with Gasteiger partial charge in [0.15, 0.2) is 0 Å². The summed E-state index contributed by atoms with van der Waals surface area (Å²) in [6.45, 7) is 6.11. The van der Waals surface area contributed by atoms with Gasteiger partial charge < -0.3 is 10.1 Å². The maximum Gasteiger partial charge on any atom is 0.119 e. The molecular weight excluding hydrogens is 238 g/mol. The van der Waals surface area contributed by atoms with Crippen molar-refractivity contribution in [3.05, 3.63) is 41.7 Å². The second-order valence-electron chi connectivity index (χ2n) is 4.36. The SMILES string of the molecule is CCNCc1cnn(-c2ccc(OC)cc2)c1CC. The molecule has 1 N–H and O–H groups in total. The summed E-state index contributed by atoms with van der Waals surface area (Å²) < 4.78 is 7.19. The monoisotopic (exact) mass is 259 g/mol. The van der Waals surface area contributed by atoms with Crippen molar-refractivity contribution in [2.24, 2.45) is 0 Å². The molecule has 4 nitrogen and oxygen atoms in total. The van der Waals surface area contributed by atoms with Crippen molar-refractivity contribution in [2.45, 2.75) is 26.8 Å². The highest BCUT2D eigenvalue weighted by molar-refractivity contribution is 5.39. The van der Waals surface area contributed by atoms with Gasteiger partial charge in [0.05, 0.1) is 19.0 Å². The molecule has 2 aromatic rings. The number of methoxy groups -OCH3 is 1. The molecule has 1 aromatic heterocycles. The Morgan fingerprint density at radius 1 is 1.21 bits per heavy atom. The van der Waals surface area contributed by atoms with Crippen LogP contribution in [0.5, 0.6) is 5.75 Å². The molecule has 19 heavy (non-hydrogen) atoms. The molecule has 0 saturated carbocycles. The molecule has 0 radical (unpaired) electrons. The Hall–Kier alpha value is -1.81. The molecule has 0 unspecified atom stereocenters. The molecule has 0 atom stereocenters. The summed E-state index contributed by atoms with van der Waals surface area (Å²) in [6.07, 6.45) is 2.92. The van der Waals surface area contributed by atoms with Crippen LogP contribution in [-0.2, 0) is 13.0 Å². The number of nitrogens with one attached hydrogen (secondary N) is 1. The largest absolute Gasteiger partial charge is 0.497 e.